The van der Waals surface area contributed by atoms with E-state index in [0.29, 0.717) is 0 Å². The molecule has 0 aliphatic rings. The molecule has 1 aromatic carbocycles. The topological polar surface area (TPSA) is 125 Å². The highest BCUT2D eigenvalue weighted by Crippen LogP contribution is 2.52. The lowest BCUT2D eigenvalue weighted by atomic mass is 10.0. The highest BCUT2D eigenvalue weighted by molar-refractivity contribution is 7.55. The Hall–Kier alpha value is -2.26. The van der Waals surface area contributed by atoms with Gasteiger partial charge in [-0.3, -0.25) is 14.7 Å². The van der Waals surface area contributed by atoms with Crippen molar-refractivity contribution in [1.82, 2.24) is 10.7 Å². The fourth-order valence-electron chi connectivity index (χ4n) is 2.77. The molecule has 2 atom stereocenters. The first-order valence-electron chi connectivity index (χ1n) is 10.4. The number of hydrogen-bond donors (Lipinski definition) is 2. The summed E-state index contributed by atoms with van der Waals surface area (Å²) < 4.78 is 34.4. The predicted octanol–water partition coefficient (Wildman–Crippen LogP) is 3.67. The van der Waals surface area contributed by atoms with Crippen LogP contribution in [-0.2, 0) is 34.5 Å². The van der Waals surface area contributed by atoms with Crippen molar-refractivity contribution in [2.45, 2.75) is 53.1 Å². The molecule has 0 aliphatic heterocycles. The van der Waals surface area contributed by atoms with Gasteiger partial charge in [-0.25, -0.2) is 10.2 Å². The quantitative estimate of drug-likeness (QED) is 0.193. The maximum Gasteiger partial charge on any atom is 0.428 e. The summed E-state index contributed by atoms with van der Waals surface area (Å²) in [6.07, 6.45) is -0.789. The van der Waals surface area contributed by atoms with Gasteiger partial charge in [-0.2, -0.15) is 5.10 Å². The molecule has 0 bridgehead atoms. The highest BCUT2D eigenvalue weighted by Gasteiger charge is 2.41. The summed E-state index contributed by atoms with van der Waals surface area (Å²) in [5.74, 6) is -1.84. The smallest absolute Gasteiger partial charge is 0.428 e. The van der Waals surface area contributed by atoms with Gasteiger partial charge in [-0.1, -0.05) is 44.2 Å². The molecule has 1 amide bonds. The Balaban J connectivity index is 3.06. The number of benzene rings is 1. The molecule has 0 fully saturated rings. The minimum atomic E-state index is -3.79. The zero-order chi connectivity index (χ0) is 24.1. The maximum atomic E-state index is 13.5. The molecule has 1 rings (SSSR count). The molecule has 180 valence electrons. The van der Waals surface area contributed by atoms with Gasteiger partial charge in [-0.15, -0.1) is 0 Å². The van der Waals surface area contributed by atoms with Crippen LogP contribution in [-0.4, -0.2) is 49.9 Å². The van der Waals surface area contributed by atoms with Crippen molar-refractivity contribution in [3.63, 3.8) is 0 Å². The monoisotopic (exact) mass is 471 g/mol. The summed E-state index contributed by atoms with van der Waals surface area (Å²) >= 11 is 0. The van der Waals surface area contributed by atoms with Crippen molar-refractivity contribution >= 4 is 25.4 Å². The van der Waals surface area contributed by atoms with E-state index in [4.69, 9.17) is 18.5 Å². The molecule has 0 aliphatic carbocycles. The van der Waals surface area contributed by atoms with E-state index in [2.05, 4.69) is 15.8 Å². The van der Waals surface area contributed by atoms with Gasteiger partial charge < -0.3 is 18.5 Å². The van der Waals surface area contributed by atoms with E-state index in [1.165, 1.54) is 14.0 Å². The Labute approximate surface area is 189 Å². The van der Waals surface area contributed by atoms with Crippen LogP contribution in [0.25, 0.3) is 0 Å². The van der Waals surface area contributed by atoms with Gasteiger partial charge in [0.05, 0.1) is 26.0 Å². The van der Waals surface area contributed by atoms with E-state index in [0.717, 1.165) is 5.56 Å². The molecule has 11 heteroatoms. The molecule has 1 aromatic rings. The minimum Gasteiger partial charge on any atom is -0.468 e. The van der Waals surface area contributed by atoms with E-state index in [9.17, 15) is 14.2 Å². The number of carbonyl (C=O) groups excluding carboxylic acids is 2. The largest absolute Gasteiger partial charge is 0.468 e. The Morgan fingerprint density at radius 2 is 1.69 bits per heavy atom. The SMILES string of the molecule is CCOP(=O)(OCC)C(N[C@H](C(=O)OC)C(C)C)/C(C)=N/NC(=O)OCc1ccccc1. The van der Waals surface area contributed by atoms with Crippen molar-refractivity contribution in [2.75, 3.05) is 20.3 Å². The zero-order valence-corrected chi connectivity index (χ0v) is 20.4. The van der Waals surface area contributed by atoms with E-state index in [-0.39, 0.29) is 31.5 Å². The summed E-state index contributed by atoms with van der Waals surface area (Å²) in [5, 5.41) is 7.00. The third kappa shape index (κ3) is 8.70. The van der Waals surface area contributed by atoms with E-state index in [1.54, 1.807) is 13.8 Å². The molecule has 0 radical (unpaired) electrons. The number of esters is 1. The first-order chi connectivity index (χ1) is 15.2. The van der Waals surface area contributed by atoms with Gasteiger partial charge in [0.15, 0.2) is 5.78 Å². The van der Waals surface area contributed by atoms with Gasteiger partial charge >= 0.3 is 19.7 Å². The summed E-state index contributed by atoms with van der Waals surface area (Å²) in [5.41, 5.74) is 3.27. The van der Waals surface area contributed by atoms with Crippen molar-refractivity contribution < 1.29 is 32.7 Å². The van der Waals surface area contributed by atoms with Crippen LogP contribution in [0.3, 0.4) is 0 Å². The lowest BCUT2D eigenvalue weighted by Gasteiger charge is -2.31. The van der Waals surface area contributed by atoms with Crippen molar-refractivity contribution in [3.05, 3.63) is 35.9 Å². The first kappa shape index (κ1) is 27.8. The number of carbonyl (C=O) groups is 2. The molecule has 1 unspecified atom stereocenters. The van der Waals surface area contributed by atoms with Crippen molar-refractivity contribution in [3.8, 4) is 0 Å². The van der Waals surface area contributed by atoms with E-state index < -0.39 is 31.5 Å². The second kappa shape index (κ2) is 14.0. The molecule has 32 heavy (non-hydrogen) atoms. The van der Waals surface area contributed by atoms with Crippen LogP contribution in [0.2, 0.25) is 0 Å². The molecule has 0 heterocycles. The van der Waals surface area contributed by atoms with Crippen molar-refractivity contribution in [2.24, 2.45) is 11.0 Å². The Bertz CT molecular complexity index is 792. The number of hydrazone groups is 1. The molecular weight excluding hydrogens is 437 g/mol. The number of methoxy groups -OCH3 is 1. The molecule has 2 N–H and O–H groups in total. The molecule has 10 nitrogen and oxygen atoms in total. The molecule has 0 saturated heterocycles. The summed E-state index contributed by atoms with van der Waals surface area (Å²) in [7, 11) is -2.53. The zero-order valence-electron chi connectivity index (χ0n) is 19.5. The van der Waals surface area contributed by atoms with Crippen LogP contribution < -0.4 is 10.7 Å². The van der Waals surface area contributed by atoms with E-state index in [1.807, 2.05) is 44.2 Å². The van der Waals surface area contributed by atoms with Gasteiger partial charge in [-0.05, 0) is 32.3 Å². The van der Waals surface area contributed by atoms with Crippen LogP contribution in [0, 0.1) is 5.92 Å². The second-order valence-corrected chi connectivity index (χ2v) is 9.23. The third-order valence-corrected chi connectivity index (χ3v) is 6.72. The number of hydrogen-bond acceptors (Lipinski definition) is 9. The van der Waals surface area contributed by atoms with Gasteiger partial charge in [0.25, 0.3) is 0 Å². The molecule has 0 saturated carbocycles. The maximum absolute atomic E-state index is 13.5. The predicted molar refractivity (Wildman–Crippen MR) is 121 cm³/mol. The fraction of sp³-hybridized carbons (Fsp3) is 0.571. The average Bonchev–Trinajstić information content (AvgIpc) is 2.76. The standard InChI is InChI=1S/C21H34N3O7P/c1-7-30-32(27,31-8-2)19(22-18(15(3)4)20(25)28-6)16(5)23-24-21(26)29-14-17-12-10-9-11-13-17/h9-13,15,18-19,22H,7-8,14H2,1-6H3,(H,24,26)/b23-16+/t18-,19?/m0/s1. The normalized spacial score (nSPS) is 14.0. The lowest BCUT2D eigenvalue weighted by Crippen LogP contribution is -2.50. The average molecular weight is 471 g/mol. The number of nitrogens with zero attached hydrogens (tertiary/aromatic N) is 1. The Kier molecular flexibility index (Phi) is 12.2. The fourth-order valence-corrected chi connectivity index (χ4v) is 4.72. The first-order valence-corrected chi connectivity index (χ1v) is 12.0. The number of ether oxygens (including phenoxy) is 2. The van der Waals surface area contributed by atoms with Gasteiger partial charge in [0.1, 0.15) is 12.6 Å². The van der Waals surface area contributed by atoms with Gasteiger partial charge in [0, 0.05) is 0 Å². The minimum absolute atomic E-state index is 0.0665. The van der Waals surface area contributed by atoms with Crippen LogP contribution in [0.1, 0.15) is 40.2 Å². The van der Waals surface area contributed by atoms with Crippen LogP contribution in [0.4, 0.5) is 4.79 Å². The number of rotatable bonds is 13. The second-order valence-electron chi connectivity index (χ2n) is 7.12. The Morgan fingerprint density at radius 1 is 1.09 bits per heavy atom. The molecular formula is C21H34N3O7P. The van der Waals surface area contributed by atoms with Crippen LogP contribution in [0.15, 0.2) is 35.4 Å². The van der Waals surface area contributed by atoms with E-state index >= 15 is 0 Å². The number of amides is 1. The van der Waals surface area contributed by atoms with Crippen LogP contribution in [0.5, 0.6) is 0 Å². The molecule has 0 aromatic heterocycles. The van der Waals surface area contributed by atoms with Crippen LogP contribution >= 0.6 is 7.60 Å². The van der Waals surface area contributed by atoms with Crippen molar-refractivity contribution in [1.29, 1.82) is 0 Å². The number of nitrogens with one attached hydrogen (secondary N) is 2. The summed E-state index contributed by atoms with van der Waals surface area (Å²) in [6.45, 7) is 8.79. The molecule has 0 spiro atoms. The third-order valence-electron chi connectivity index (χ3n) is 4.33. The van der Waals surface area contributed by atoms with Gasteiger partial charge in [0.2, 0.25) is 0 Å². The summed E-state index contributed by atoms with van der Waals surface area (Å²) in [6, 6.07) is 8.36. The highest BCUT2D eigenvalue weighted by atomic mass is 31.2. The lowest BCUT2D eigenvalue weighted by molar-refractivity contribution is -0.144. The Morgan fingerprint density at radius 3 is 2.19 bits per heavy atom. The summed E-state index contributed by atoms with van der Waals surface area (Å²) in [4.78, 5) is 24.3.